The second kappa shape index (κ2) is 7.16. The van der Waals surface area contributed by atoms with Gasteiger partial charge in [-0.25, -0.2) is 0 Å². The van der Waals surface area contributed by atoms with Gasteiger partial charge in [0.25, 0.3) is 0 Å². The molecule has 0 atom stereocenters. The van der Waals surface area contributed by atoms with Crippen molar-refractivity contribution < 1.29 is 4.79 Å². The predicted octanol–water partition coefficient (Wildman–Crippen LogP) is 5.43. The topological polar surface area (TPSA) is 48.0 Å². The van der Waals surface area contributed by atoms with Gasteiger partial charge < -0.3 is 10.3 Å². The molecule has 3 nitrogen and oxygen atoms in total. The van der Waals surface area contributed by atoms with Crippen LogP contribution in [0.15, 0.2) is 54.6 Å². The fraction of sp³-hybridized carbons (Fsp3) is 0.240. The van der Waals surface area contributed by atoms with Gasteiger partial charge in [-0.3, -0.25) is 4.79 Å². The summed E-state index contributed by atoms with van der Waals surface area (Å²) in [5, 5.41) is 1.86. The van der Waals surface area contributed by atoms with Gasteiger partial charge in [-0.1, -0.05) is 57.2 Å². The van der Waals surface area contributed by atoms with Crippen LogP contribution >= 0.6 is 0 Å². The standard InChI is InChI=1S/C25H25N2O/c1-4-17-8-5-6-9-19(17)15-27-22-11-7-10-21(25(26)28)24(22)20-13-12-18(16(2)3)14-23(20)27/h5-12,14,16H,4,15H2,1-3H3,(H2,26,28). The number of hydrogen-bond donors (Lipinski definition) is 1. The number of amides is 1. The van der Waals surface area contributed by atoms with Crippen molar-refractivity contribution in [2.75, 3.05) is 0 Å². The molecule has 4 rings (SSSR count). The van der Waals surface area contributed by atoms with E-state index in [9.17, 15) is 4.79 Å². The van der Waals surface area contributed by atoms with Gasteiger partial charge >= 0.3 is 0 Å². The number of aromatic nitrogens is 1. The van der Waals surface area contributed by atoms with Crippen LogP contribution in [0.2, 0.25) is 0 Å². The first-order valence-corrected chi connectivity index (χ1v) is 9.84. The molecule has 0 saturated heterocycles. The van der Waals surface area contributed by atoms with Crippen molar-refractivity contribution in [3.05, 3.63) is 82.9 Å². The molecular formula is C25H25N2O. The molecule has 0 saturated carbocycles. The van der Waals surface area contributed by atoms with Crippen molar-refractivity contribution in [2.24, 2.45) is 5.73 Å². The van der Waals surface area contributed by atoms with Crippen molar-refractivity contribution in [1.82, 2.24) is 4.57 Å². The average Bonchev–Trinajstić information content (AvgIpc) is 3.01. The lowest BCUT2D eigenvalue weighted by Gasteiger charge is -2.13. The van der Waals surface area contributed by atoms with Gasteiger partial charge in [-0.05, 0) is 53.3 Å². The molecule has 4 aromatic rings. The first-order chi connectivity index (χ1) is 13.5. The maximum absolute atomic E-state index is 12.1. The summed E-state index contributed by atoms with van der Waals surface area (Å²) in [5.74, 6) is 0.00518. The van der Waals surface area contributed by atoms with Gasteiger partial charge in [0.1, 0.15) is 0 Å². The lowest BCUT2D eigenvalue weighted by molar-refractivity contribution is 0.100. The first-order valence-electron chi connectivity index (χ1n) is 9.84. The van der Waals surface area contributed by atoms with Crippen molar-refractivity contribution >= 4 is 27.7 Å². The molecule has 1 radical (unpaired) electrons. The monoisotopic (exact) mass is 369 g/mol. The zero-order valence-electron chi connectivity index (χ0n) is 16.6. The van der Waals surface area contributed by atoms with E-state index in [2.05, 4.69) is 67.8 Å². The number of primary amides is 1. The summed E-state index contributed by atoms with van der Waals surface area (Å²) < 4.78 is 2.30. The molecule has 1 heterocycles. The lowest BCUT2D eigenvalue weighted by atomic mass is 10.00. The smallest absolute Gasteiger partial charge is 0.249 e. The fourth-order valence-corrected chi connectivity index (χ4v) is 4.01. The third kappa shape index (κ3) is 2.97. The second-order valence-corrected chi connectivity index (χ2v) is 7.62. The maximum atomic E-state index is 12.1. The van der Waals surface area contributed by atoms with Gasteiger partial charge in [0.2, 0.25) is 5.91 Å². The summed E-state index contributed by atoms with van der Waals surface area (Å²) in [5.41, 5.74) is 12.2. The molecule has 0 fully saturated rings. The summed E-state index contributed by atoms with van der Waals surface area (Å²) in [7, 11) is 0. The Morgan fingerprint density at radius 3 is 2.50 bits per heavy atom. The van der Waals surface area contributed by atoms with E-state index >= 15 is 0 Å². The number of nitrogens with zero attached hydrogens (tertiary/aromatic N) is 1. The largest absolute Gasteiger partial charge is 0.366 e. The number of fused-ring (bicyclic) bond motifs is 3. The Kier molecular flexibility index (Phi) is 4.68. The number of benzene rings is 3. The Hall–Kier alpha value is -3.07. The predicted molar refractivity (Wildman–Crippen MR) is 116 cm³/mol. The van der Waals surface area contributed by atoms with Crippen LogP contribution in [0.4, 0.5) is 0 Å². The summed E-state index contributed by atoms with van der Waals surface area (Å²) in [6, 6.07) is 22.0. The molecule has 1 aromatic heterocycles. The zero-order chi connectivity index (χ0) is 19.8. The SMILES string of the molecule is CCc1ccccc1Cn1c2cc(C(C)C)c[c]c2c2c(C(N)=O)cccc21. The Morgan fingerprint density at radius 2 is 1.82 bits per heavy atom. The van der Waals surface area contributed by atoms with Crippen LogP contribution < -0.4 is 5.73 Å². The number of aryl methyl sites for hydroxylation is 1. The summed E-state index contributed by atoms with van der Waals surface area (Å²) >= 11 is 0. The Labute approximate surface area is 165 Å². The molecule has 0 spiro atoms. The van der Waals surface area contributed by atoms with Crippen LogP contribution in [0.1, 0.15) is 53.7 Å². The fourth-order valence-electron chi connectivity index (χ4n) is 4.01. The molecule has 0 unspecified atom stereocenters. The highest BCUT2D eigenvalue weighted by atomic mass is 16.1. The number of hydrogen-bond acceptors (Lipinski definition) is 1. The van der Waals surface area contributed by atoms with E-state index in [1.165, 1.54) is 16.7 Å². The van der Waals surface area contributed by atoms with Crippen LogP contribution in [-0.4, -0.2) is 10.5 Å². The van der Waals surface area contributed by atoms with Gasteiger partial charge in [-0.15, -0.1) is 0 Å². The summed E-state index contributed by atoms with van der Waals surface area (Å²) in [6.45, 7) is 7.30. The molecule has 0 aliphatic rings. The quantitative estimate of drug-likeness (QED) is 0.501. The van der Waals surface area contributed by atoms with E-state index in [1.807, 2.05) is 12.1 Å². The maximum Gasteiger partial charge on any atom is 0.249 e. The van der Waals surface area contributed by atoms with Gasteiger partial charge in [0, 0.05) is 22.9 Å². The third-order valence-corrected chi connectivity index (χ3v) is 5.58. The van der Waals surface area contributed by atoms with Crippen molar-refractivity contribution in [2.45, 2.75) is 39.7 Å². The van der Waals surface area contributed by atoms with Gasteiger partial charge in [0.15, 0.2) is 0 Å². The van der Waals surface area contributed by atoms with E-state index < -0.39 is 5.91 Å². The minimum atomic E-state index is -0.403. The van der Waals surface area contributed by atoms with E-state index in [4.69, 9.17) is 5.73 Å². The van der Waals surface area contributed by atoms with Gasteiger partial charge in [0.05, 0.1) is 11.0 Å². The Bertz CT molecular complexity index is 1180. The van der Waals surface area contributed by atoms with E-state index in [-0.39, 0.29) is 0 Å². The van der Waals surface area contributed by atoms with Crippen molar-refractivity contribution in [3.8, 4) is 0 Å². The van der Waals surface area contributed by atoms with E-state index in [0.29, 0.717) is 11.5 Å². The molecule has 28 heavy (non-hydrogen) atoms. The van der Waals surface area contributed by atoms with Crippen LogP contribution in [0.3, 0.4) is 0 Å². The molecule has 0 aliphatic carbocycles. The Morgan fingerprint density at radius 1 is 1.07 bits per heavy atom. The third-order valence-electron chi connectivity index (χ3n) is 5.58. The number of carbonyl (C=O) groups excluding carboxylic acids is 1. The van der Waals surface area contributed by atoms with E-state index in [1.54, 1.807) is 6.07 Å². The molecule has 141 valence electrons. The molecule has 0 bridgehead atoms. The lowest BCUT2D eigenvalue weighted by Crippen LogP contribution is -2.11. The van der Waals surface area contributed by atoms with Gasteiger partial charge in [-0.2, -0.15) is 0 Å². The van der Waals surface area contributed by atoms with Crippen molar-refractivity contribution in [1.29, 1.82) is 0 Å². The average molecular weight is 369 g/mol. The number of nitrogens with two attached hydrogens (primary N) is 1. The van der Waals surface area contributed by atoms with Crippen LogP contribution in [0.5, 0.6) is 0 Å². The molecule has 0 aliphatic heterocycles. The Balaban J connectivity index is 2.05. The van der Waals surface area contributed by atoms with Crippen molar-refractivity contribution in [3.63, 3.8) is 0 Å². The number of rotatable bonds is 5. The number of carbonyl (C=O) groups is 1. The minimum Gasteiger partial charge on any atom is -0.366 e. The van der Waals surface area contributed by atoms with Crippen LogP contribution in [0.25, 0.3) is 21.8 Å². The molecule has 3 heteroatoms. The highest BCUT2D eigenvalue weighted by Gasteiger charge is 2.18. The van der Waals surface area contributed by atoms with Crippen LogP contribution in [0, 0.1) is 6.07 Å². The second-order valence-electron chi connectivity index (χ2n) is 7.62. The summed E-state index contributed by atoms with van der Waals surface area (Å²) in [4.78, 5) is 12.1. The van der Waals surface area contributed by atoms with Crippen LogP contribution in [-0.2, 0) is 13.0 Å². The summed E-state index contributed by atoms with van der Waals surface area (Å²) in [6.07, 6.45) is 0.989. The van der Waals surface area contributed by atoms with E-state index in [0.717, 1.165) is 34.8 Å². The molecule has 2 N–H and O–H groups in total. The highest BCUT2D eigenvalue weighted by Crippen LogP contribution is 2.34. The zero-order valence-corrected chi connectivity index (χ0v) is 16.6. The molecule has 3 aromatic carbocycles. The molecular weight excluding hydrogens is 344 g/mol. The molecule has 1 amide bonds. The normalized spacial score (nSPS) is 11.6. The minimum absolute atomic E-state index is 0.403. The first kappa shape index (κ1) is 18.3. The highest BCUT2D eigenvalue weighted by molar-refractivity contribution is 6.17.